The fourth-order valence-corrected chi connectivity index (χ4v) is 2.64. The van der Waals surface area contributed by atoms with Gasteiger partial charge in [0.05, 0.1) is 5.69 Å². The number of oxazole rings is 1. The van der Waals surface area contributed by atoms with Crippen LogP contribution in [0.2, 0.25) is 0 Å². The van der Waals surface area contributed by atoms with Crippen molar-refractivity contribution < 1.29 is 18.0 Å². The number of hydrogen-bond acceptors (Lipinski definition) is 3. The Balaban J connectivity index is 1.91. The van der Waals surface area contributed by atoms with Crippen LogP contribution in [0, 0.1) is 25.5 Å². The van der Waals surface area contributed by atoms with Crippen molar-refractivity contribution in [3.8, 4) is 0 Å². The van der Waals surface area contributed by atoms with Gasteiger partial charge in [-0.1, -0.05) is 0 Å². The quantitative estimate of drug-likeness (QED) is 0.812. The minimum atomic E-state index is -0.491. The minimum Gasteiger partial charge on any atom is -0.436 e. The highest BCUT2D eigenvalue weighted by Gasteiger charge is 2.28. The number of nitrogens with zero attached hydrogens (tertiary/aromatic N) is 2. The van der Waals surface area contributed by atoms with Crippen molar-refractivity contribution in [1.82, 2.24) is 9.88 Å². The zero-order valence-corrected chi connectivity index (χ0v) is 11.7. The summed E-state index contributed by atoms with van der Waals surface area (Å²) in [5, 5.41) is 0. The van der Waals surface area contributed by atoms with E-state index in [1.54, 1.807) is 13.8 Å². The molecule has 0 fully saturated rings. The average molecular weight is 292 g/mol. The van der Waals surface area contributed by atoms with E-state index in [0.717, 1.165) is 12.1 Å². The lowest BCUT2D eigenvalue weighted by molar-refractivity contribution is 0.0696. The third kappa shape index (κ3) is 2.30. The molecular weight excluding hydrogens is 278 g/mol. The van der Waals surface area contributed by atoms with Gasteiger partial charge in [-0.25, -0.2) is 13.8 Å². The topological polar surface area (TPSA) is 46.3 Å². The Labute approximate surface area is 120 Å². The van der Waals surface area contributed by atoms with Gasteiger partial charge in [0.2, 0.25) is 5.76 Å². The Hall–Kier alpha value is -2.24. The van der Waals surface area contributed by atoms with Crippen molar-refractivity contribution in [2.45, 2.75) is 26.8 Å². The Morgan fingerprint density at radius 3 is 2.52 bits per heavy atom. The van der Waals surface area contributed by atoms with Crippen molar-refractivity contribution in [3.63, 3.8) is 0 Å². The molecule has 110 valence electrons. The second-order valence-electron chi connectivity index (χ2n) is 5.11. The van der Waals surface area contributed by atoms with Crippen LogP contribution in [0.25, 0.3) is 0 Å². The maximum atomic E-state index is 13.8. The van der Waals surface area contributed by atoms with E-state index in [9.17, 15) is 13.6 Å². The van der Waals surface area contributed by atoms with Crippen molar-refractivity contribution in [2.24, 2.45) is 0 Å². The molecule has 0 saturated heterocycles. The number of aromatic nitrogens is 1. The fraction of sp³-hybridized carbons (Fsp3) is 0.333. The summed E-state index contributed by atoms with van der Waals surface area (Å²) in [7, 11) is 0. The summed E-state index contributed by atoms with van der Waals surface area (Å²) >= 11 is 0. The highest BCUT2D eigenvalue weighted by Crippen LogP contribution is 2.26. The van der Waals surface area contributed by atoms with E-state index >= 15 is 0 Å². The summed E-state index contributed by atoms with van der Waals surface area (Å²) in [6, 6.07) is 2.21. The third-order valence-corrected chi connectivity index (χ3v) is 3.68. The second-order valence-corrected chi connectivity index (χ2v) is 5.11. The summed E-state index contributed by atoms with van der Waals surface area (Å²) in [5.41, 5.74) is 1.09. The molecule has 1 aromatic carbocycles. The molecule has 1 amide bonds. The van der Waals surface area contributed by atoms with E-state index in [4.69, 9.17) is 4.42 Å². The lowest BCUT2D eigenvalue weighted by Gasteiger charge is -2.28. The minimum absolute atomic E-state index is 0.0386. The summed E-state index contributed by atoms with van der Waals surface area (Å²) in [6.45, 7) is 3.70. The first-order chi connectivity index (χ1) is 9.97. The summed E-state index contributed by atoms with van der Waals surface area (Å²) in [5.74, 6) is -0.694. The van der Waals surface area contributed by atoms with E-state index in [1.165, 1.54) is 4.90 Å². The SMILES string of the molecule is Cc1nc(C)c(C(=O)N2CCc3c(F)ccc(F)c3C2)o1. The second kappa shape index (κ2) is 4.95. The van der Waals surface area contributed by atoms with Gasteiger partial charge in [0.25, 0.3) is 5.91 Å². The highest BCUT2D eigenvalue weighted by atomic mass is 19.1. The van der Waals surface area contributed by atoms with Gasteiger partial charge in [-0.15, -0.1) is 0 Å². The average Bonchev–Trinajstić information content (AvgIpc) is 2.80. The van der Waals surface area contributed by atoms with Crippen LogP contribution in [-0.2, 0) is 13.0 Å². The summed E-state index contributed by atoms with van der Waals surface area (Å²) in [6.07, 6.45) is 0.289. The van der Waals surface area contributed by atoms with Gasteiger partial charge < -0.3 is 9.32 Å². The molecule has 2 aromatic rings. The Morgan fingerprint density at radius 1 is 1.24 bits per heavy atom. The monoisotopic (exact) mass is 292 g/mol. The molecule has 1 aliphatic heterocycles. The van der Waals surface area contributed by atoms with E-state index in [1.807, 2.05) is 0 Å². The van der Waals surface area contributed by atoms with Crippen LogP contribution in [0.5, 0.6) is 0 Å². The van der Waals surface area contributed by atoms with Crippen molar-refractivity contribution in [3.05, 3.63) is 52.2 Å². The molecule has 0 saturated carbocycles. The Kier molecular flexibility index (Phi) is 3.23. The van der Waals surface area contributed by atoms with Gasteiger partial charge in [-0.05, 0) is 31.0 Å². The van der Waals surface area contributed by atoms with E-state index in [2.05, 4.69) is 4.98 Å². The van der Waals surface area contributed by atoms with Crippen LogP contribution in [-0.4, -0.2) is 22.3 Å². The maximum Gasteiger partial charge on any atom is 0.291 e. The molecule has 0 atom stereocenters. The number of aryl methyl sites for hydroxylation is 2. The largest absolute Gasteiger partial charge is 0.436 e. The van der Waals surface area contributed by atoms with Crippen LogP contribution in [0.1, 0.15) is 33.3 Å². The third-order valence-electron chi connectivity index (χ3n) is 3.68. The number of carbonyl (C=O) groups is 1. The molecule has 0 spiro atoms. The van der Waals surface area contributed by atoms with Crippen LogP contribution >= 0.6 is 0 Å². The molecular formula is C15H14F2N2O2. The van der Waals surface area contributed by atoms with Crippen LogP contribution in [0.15, 0.2) is 16.5 Å². The summed E-state index contributed by atoms with van der Waals surface area (Å²) in [4.78, 5) is 17.9. The molecule has 0 unspecified atom stereocenters. The van der Waals surface area contributed by atoms with E-state index in [-0.39, 0.29) is 30.2 Å². The van der Waals surface area contributed by atoms with Gasteiger partial charge in [-0.2, -0.15) is 0 Å². The van der Waals surface area contributed by atoms with Crippen LogP contribution in [0.4, 0.5) is 8.78 Å². The normalized spacial score (nSPS) is 14.2. The highest BCUT2D eigenvalue weighted by molar-refractivity contribution is 5.92. The maximum absolute atomic E-state index is 13.8. The van der Waals surface area contributed by atoms with E-state index in [0.29, 0.717) is 23.7 Å². The molecule has 3 rings (SSSR count). The molecule has 0 aliphatic carbocycles. The van der Waals surface area contributed by atoms with E-state index < -0.39 is 11.6 Å². The number of carbonyl (C=O) groups excluding carboxylic acids is 1. The predicted molar refractivity (Wildman–Crippen MR) is 70.8 cm³/mol. The fourth-order valence-electron chi connectivity index (χ4n) is 2.64. The standard InChI is InChI=1S/C15H14F2N2O2/c1-8-14(21-9(2)18-8)15(20)19-6-5-10-11(7-19)13(17)4-3-12(10)16/h3-4H,5-7H2,1-2H3. The molecule has 0 bridgehead atoms. The van der Waals surface area contributed by atoms with Crippen molar-refractivity contribution in [2.75, 3.05) is 6.54 Å². The predicted octanol–water partition coefficient (Wildman–Crippen LogP) is 2.77. The zero-order chi connectivity index (χ0) is 15.1. The number of rotatable bonds is 1. The van der Waals surface area contributed by atoms with Crippen molar-refractivity contribution in [1.29, 1.82) is 0 Å². The van der Waals surface area contributed by atoms with Crippen molar-refractivity contribution >= 4 is 5.91 Å². The first-order valence-corrected chi connectivity index (χ1v) is 6.66. The number of benzene rings is 1. The molecule has 4 nitrogen and oxygen atoms in total. The number of hydrogen-bond donors (Lipinski definition) is 0. The smallest absolute Gasteiger partial charge is 0.291 e. The summed E-state index contributed by atoms with van der Waals surface area (Å²) < 4.78 is 32.8. The molecule has 0 N–H and O–H groups in total. The van der Waals surface area contributed by atoms with Gasteiger partial charge in [0.15, 0.2) is 5.89 Å². The van der Waals surface area contributed by atoms with Gasteiger partial charge in [-0.3, -0.25) is 4.79 Å². The molecule has 1 aliphatic rings. The molecule has 0 radical (unpaired) electrons. The van der Waals surface area contributed by atoms with Gasteiger partial charge in [0, 0.05) is 25.6 Å². The molecule has 21 heavy (non-hydrogen) atoms. The van der Waals surface area contributed by atoms with Gasteiger partial charge in [0.1, 0.15) is 11.6 Å². The number of amides is 1. The lowest BCUT2D eigenvalue weighted by atomic mass is 9.98. The molecule has 1 aromatic heterocycles. The first-order valence-electron chi connectivity index (χ1n) is 6.66. The Bertz CT molecular complexity index is 725. The Morgan fingerprint density at radius 2 is 1.90 bits per heavy atom. The lowest BCUT2D eigenvalue weighted by Crippen LogP contribution is -2.37. The first kappa shape index (κ1) is 13.7. The molecule has 2 heterocycles. The van der Waals surface area contributed by atoms with Crippen LogP contribution in [0.3, 0.4) is 0 Å². The van der Waals surface area contributed by atoms with Crippen LogP contribution < -0.4 is 0 Å². The number of fused-ring (bicyclic) bond motifs is 1. The molecule has 6 heteroatoms. The number of halogens is 2. The van der Waals surface area contributed by atoms with Gasteiger partial charge >= 0.3 is 0 Å². The zero-order valence-electron chi connectivity index (χ0n) is 11.7.